The normalized spacial score (nSPS) is 21.6. The monoisotopic (exact) mass is 302 g/mol. The van der Waals surface area contributed by atoms with Gasteiger partial charge in [-0.05, 0) is 31.0 Å². The third-order valence-corrected chi connectivity index (χ3v) is 5.23. The lowest BCUT2D eigenvalue weighted by atomic mass is 10.2. The lowest BCUT2D eigenvalue weighted by Gasteiger charge is -2.23. The summed E-state index contributed by atoms with van der Waals surface area (Å²) in [6.07, 6.45) is 0.443. The summed E-state index contributed by atoms with van der Waals surface area (Å²) >= 11 is 0. The second-order valence-corrected chi connectivity index (χ2v) is 6.76. The van der Waals surface area contributed by atoms with Crippen molar-refractivity contribution in [2.24, 2.45) is 5.73 Å². The highest BCUT2D eigenvalue weighted by Crippen LogP contribution is 2.23. The third kappa shape index (κ3) is 3.17. The van der Waals surface area contributed by atoms with Crippen LogP contribution in [-0.4, -0.2) is 38.5 Å². The van der Waals surface area contributed by atoms with Crippen molar-refractivity contribution in [3.63, 3.8) is 0 Å². The van der Waals surface area contributed by atoms with E-state index < -0.39 is 15.8 Å². The summed E-state index contributed by atoms with van der Waals surface area (Å²) in [5.74, 6) is -0.583. The Morgan fingerprint density at radius 2 is 2.25 bits per heavy atom. The maximum atomic E-state index is 13.4. The van der Waals surface area contributed by atoms with Gasteiger partial charge in [0, 0.05) is 26.2 Å². The molecule has 1 aliphatic rings. The highest BCUT2D eigenvalue weighted by atomic mass is 32.2. The first-order valence-electron chi connectivity index (χ1n) is 6.55. The van der Waals surface area contributed by atoms with Crippen molar-refractivity contribution in [3.8, 4) is 0 Å². The standard InChI is InChI=1S/C13H19FN2O3S/c1-10-9-16(5-2-6-19-10)20(17,18)13-7-12(14)4-3-11(13)8-15/h3-4,7,10H,2,5-6,8-9,15H2,1H3. The van der Waals surface area contributed by atoms with Gasteiger partial charge >= 0.3 is 0 Å². The van der Waals surface area contributed by atoms with Crippen molar-refractivity contribution in [2.75, 3.05) is 19.7 Å². The van der Waals surface area contributed by atoms with Gasteiger partial charge in [-0.1, -0.05) is 6.07 Å². The molecule has 5 nitrogen and oxygen atoms in total. The van der Waals surface area contributed by atoms with Gasteiger partial charge in [0.1, 0.15) is 5.82 Å². The minimum absolute atomic E-state index is 0.0471. The Labute approximate surface area is 118 Å². The van der Waals surface area contributed by atoms with Crippen LogP contribution in [0.2, 0.25) is 0 Å². The molecule has 2 N–H and O–H groups in total. The van der Waals surface area contributed by atoms with Crippen LogP contribution in [0.3, 0.4) is 0 Å². The second kappa shape index (κ2) is 6.17. The maximum absolute atomic E-state index is 13.4. The predicted molar refractivity (Wildman–Crippen MR) is 73.1 cm³/mol. The number of rotatable bonds is 3. The Morgan fingerprint density at radius 1 is 1.50 bits per heavy atom. The van der Waals surface area contributed by atoms with E-state index >= 15 is 0 Å². The average molecular weight is 302 g/mol. The first-order valence-corrected chi connectivity index (χ1v) is 7.99. The van der Waals surface area contributed by atoms with Crippen LogP contribution in [0.15, 0.2) is 23.1 Å². The van der Waals surface area contributed by atoms with Gasteiger partial charge in [-0.15, -0.1) is 0 Å². The summed E-state index contributed by atoms with van der Waals surface area (Å²) in [6, 6.07) is 3.67. The summed E-state index contributed by atoms with van der Waals surface area (Å²) < 4.78 is 45.5. The average Bonchev–Trinajstić information content (AvgIpc) is 2.64. The number of ether oxygens (including phenoxy) is 1. The Morgan fingerprint density at radius 3 is 2.95 bits per heavy atom. The molecule has 112 valence electrons. The summed E-state index contributed by atoms with van der Waals surface area (Å²) in [5, 5.41) is 0. The van der Waals surface area contributed by atoms with E-state index in [1.54, 1.807) is 0 Å². The van der Waals surface area contributed by atoms with Gasteiger partial charge in [-0.3, -0.25) is 0 Å². The van der Waals surface area contributed by atoms with E-state index in [9.17, 15) is 12.8 Å². The number of nitrogens with two attached hydrogens (primary N) is 1. The highest BCUT2D eigenvalue weighted by Gasteiger charge is 2.29. The molecule has 1 unspecified atom stereocenters. The molecule has 0 aromatic heterocycles. The predicted octanol–water partition coefficient (Wildman–Crippen LogP) is 1.08. The smallest absolute Gasteiger partial charge is 0.243 e. The minimum atomic E-state index is -3.75. The molecule has 1 heterocycles. The van der Waals surface area contributed by atoms with Gasteiger partial charge in [-0.2, -0.15) is 4.31 Å². The fourth-order valence-electron chi connectivity index (χ4n) is 2.25. The largest absolute Gasteiger partial charge is 0.377 e. The second-order valence-electron chi connectivity index (χ2n) is 4.85. The molecule has 1 saturated heterocycles. The number of hydrogen-bond donors (Lipinski definition) is 1. The quantitative estimate of drug-likeness (QED) is 0.907. The van der Waals surface area contributed by atoms with Crippen molar-refractivity contribution in [1.82, 2.24) is 4.31 Å². The number of benzene rings is 1. The molecule has 7 heteroatoms. The van der Waals surface area contributed by atoms with Gasteiger partial charge in [0.05, 0.1) is 11.0 Å². The Bertz CT molecular complexity index is 577. The van der Waals surface area contributed by atoms with Crippen LogP contribution in [-0.2, 0) is 21.3 Å². The van der Waals surface area contributed by atoms with Gasteiger partial charge in [0.25, 0.3) is 0 Å². The van der Waals surface area contributed by atoms with E-state index in [-0.39, 0.29) is 24.1 Å². The molecule has 2 rings (SSSR count). The fourth-order valence-corrected chi connectivity index (χ4v) is 4.05. The van der Waals surface area contributed by atoms with Crippen LogP contribution in [0.4, 0.5) is 4.39 Å². The summed E-state index contributed by atoms with van der Waals surface area (Å²) in [7, 11) is -3.75. The maximum Gasteiger partial charge on any atom is 0.243 e. The van der Waals surface area contributed by atoms with E-state index in [1.165, 1.54) is 16.4 Å². The van der Waals surface area contributed by atoms with Crippen molar-refractivity contribution < 1.29 is 17.5 Å². The van der Waals surface area contributed by atoms with Crippen molar-refractivity contribution in [3.05, 3.63) is 29.6 Å². The first-order chi connectivity index (χ1) is 9.45. The summed E-state index contributed by atoms with van der Waals surface area (Å²) in [4.78, 5) is -0.0471. The molecule has 1 fully saturated rings. The highest BCUT2D eigenvalue weighted by molar-refractivity contribution is 7.89. The van der Waals surface area contributed by atoms with E-state index in [4.69, 9.17) is 10.5 Å². The first kappa shape index (κ1) is 15.4. The molecule has 20 heavy (non-hydrogen) atoms. The molecule has 1 atom stereocenters. The molecule has 0 bridgehead atoms. The zero-order chi connectivity index (χ0) is 14.8. The summed E-state index contributed by atoms with van der Waals surface area (Å²) in [6.45, 7) is 3.04. The molecule has 0 spiro atoms. The molecule has 0 saturated carbocycles. The molecule has 0 aliphatic carbocycles. The Kier molecular flexibility index (Phi) is 4.74. The van der Waals surface area contributed by atoms with E-state index in [0.29, 0.717) is 25.1 Å². The zero-order valence-electron chi connectivity index (χ0n) is 11.4. The molecular formula is C13H19FN2O3S. The topological polar surface area (TPSA) is 72.6 Å². The van der Waals surface area contributed by atoms with Crippen LogP contribution in [0.5, 0.6) is 0 Å². The molecule has 1 aliphatic heterocycles. The van der Waals surface area contributed by atoms with E-state index in [2.05, 4.69) is 0 Å². The van der Waals surface area contributed by atoms with Crippen LogP contribution >= 0.6 is 0 Å². The van der Waals surface area contributed by atoms with Crippen molar-refractivity contribution >= 4 is 10.0 Å². The SMILES string of the molecule is CC1CN(S(=O)(=O)c2cc(F)ccc2CN)CCCO1. The number of halogens is 1. The number of hydrogen-bond acceptors (Lipinski definition) is 4. The molecule has 0 radical (unpaired) electrons. The zero-order valence-corrected chi connectivity index (χ0v) is 12.2. The van der Waals surface area contributed by atoms with E-state index in [1.807, 2.05) is 6.92 Å². The molecular weight excluding hydrogens is 283 g/mol. The Hall–Kier alpha value is -1.02. The van der Waals surface area contributed by atoms with Gasteiger partial charge < -0.3 is 10.5 Å². The van der Waals surface area contributed by atoms with Crippen LogP contribution in [0, 0.1) is 5.82 Å². The van der Waals surface area contributed by atoms with Crippen molar-refractivity contribution in [1.29, 1.82) is 0 Å². The van der Waals surface area contributed by atoms with E-state index in [0.717, 1.165) is 6.07 Å². The Balaban J connectivity index is 2.41. The minimum Gasteiger partial charge on any atom is -0.377 e. The van der Waals surface area contributed by atoms with Gasteiger partial charge in [0.2, 0.25) is 10.0 Å². The third-order valence-electron chi connectivity index (χ3n) is 3.28. The molecule has 1 aromatic carbocycles. The van der Waals surface area contributed by atoms with Gasteiger partial charge in [0.15, 0.2) is 0 Å². The molecule has 1 aromatic rings. The number of sulfonamides is 1. The fraction of sp³-hybridized carbons (Fsp3) is 0.538. The van der Waals surface area contributed by atoms with Crippen LogP contribution < -0.4 is 5.73 Å². The van der Waals surface area contributed by atoms with Gasteiger partial charge in [-0.25, -0.2) is 12.8 Å². The van der Waals surface area contributed by atoms with Crippen LogP contribution in [0.1, 0.15) is 18.9 Å². The lowest BCUT2D eigenvalue weighted by molar-refractivity contribution is 0.0752. The number of nitrogens with zero attached hydrogens (tertiary/aromatic N) is 1. The lowest BCUT2D eigenvalue weighted by Crippen LogP contribution is -2.36. The van der Waals surface area contributed by atoms with Crippen molar-refractivity contribution in [2.45, 2.75) is 30.9 Å². The van der Waals surface area contributed by atoms with Crippen LogP contribution in [0.25, 0.3) is 0 Å². The molecule has 0 amide bonds. The summed E-state index contributed by atoms with van der Waals surface area (Å²) in [5.41, 5.74) is 5.98.